The van der Waals surface area contributed by atoms with Crippen LogP contribution in [0.1, 0.15) is 62.1 Å². The van der Waals surface area contributed by atoms with Crippen LogP contribution < -0.4 is 0 Å². The summed E-state index contributed by atoms with van der Waals surface area (Å²) in [5.74, 6) is -0.300. The molecule has 1 atom stereocenters. The van der Waals surface area contributed by atoms with Crippen molar-refractivity contribution in [2.45, 2.75) is 63.6 Å². The van der Waals surface area contributed by atoms with E-state index >= 15 is 0 Å². The molecular weight excluding hydrogens is 438 g/mol. The van der Waals surface area contributed by atoms with Gasteiger partial charge in [-0.05, 0) is 50.7 Å². The van der Waals surface area contributed by atoms with E-state index in [9.17, 15) is 8.78 Å². The number of ether oxygens (including phenoxy) is 1. The first-order valence-corrected chi connectivity index (χ1v) is 12.0. The number of benzene rings is 1. The number of imidazole rings is 1. The van der Waals surface area contributed by atoms with Crippen molar-refractivity contribution in [3.63, 3.8) is 0 Å². The molecule has 34 heavy (non-hydrogen) atoms. The summed E-state index contributed by atoms with van der Waals surface area (Å²) in [5.41, 5.74) is 3.22. The van der Waals surface area contributed by atoms with Gasteiger partial charge in [0, 0.05) is 43.0 Å². The average Bonchev–Trinajstić information content (AvgIpc) is 3.25. The average molecular weight is 465 g/mol. The maximum atomic E-state index is 13.9. The second kappa shape index (κ2) is 8.87. The molecule has 3 aliphatic rings. The Hall–Kier alpha value is -3.20. The minimum Gasteiger partial charge on any atom is -0.373 e. The molecule has 0 radical (unpaired) electrons. The van der Waals surface area contributed by atoms with Crippen LogP contribution in [0.2, 0.25) is 0 Å². The van der Waals surface area contributed by atoms with Crippen LogP contribution in [-0.2, 0) is 17.7 Å². The molecule has 4 aromatic rings. The lowest BCUT2D eigenvalue weighted by Crippen LogP contribution is -2.10. The zero-order chi connectivity index (χ0) is 23.1. The molecule has 176 valence electrons. The summed E-state index contributed by atoms with van der Waals surface area (Å²) in [4.78, 5) is 12.9. The number of hydrogen-bond acceptors (Lipinski definition) is 5. The Labute approximate surface area is 195 Å². The zero-order valence-electron chi connectivity index (χ0n) is 18.8. The Balaban J connectivity index is 0.000000136. The van der Waals surface area contributed by atoms with Crippen LogP contribution in [0.15, 0.2) is 36.9 Å². The molecule has 2 aliphatic heterocycles. The van der Waals surface area contributed by atoms with Gasteiger partial charge in [-0.2, -0.15) is 5.10 Å². The first-order chi connectivity index (χ1) is 16.7. The summed E-state index contributed by atoms with van der Waals surface area (Å²) < 4.78 is 36.8. The van der Waals surface area contributed by atoms with E-state index in [1.807, 2.05) is 10.8 Å². The highest BCUT2D eigenvalue weighted by Gasteiger charge is 2.26. The monoisotopic (exact) mass is 464 g/mol. The lowest BCUT2D eigenvalue weighted by Gasteiger charge is -2.21. The molecule has 0 amide bonds. The minimum atomic E-state index is -0.641. The Morgan fingerprint density at radius 2 is 1.94 bits per heavy atom. The summed E-state index contributed by atoms with van der Waals surface area (Å²) in [6, 6.07) is 4.15. The van der Waals surface area contributed by atoms with Crippen molar-refractivity contribution in [1.82, 2.24) is 29.3 Å². The van der Waals surface area contributed by atoms with Gasteiger partial charge in [-0.3, -0.25) is 4.68 Å². The summed E-state index contributed by atoms with van der Waals surface area (Å²) in [6.07, 6.45) is 14.1. The standard InChI is InChI=1S/C14H10F2N4.C11H16N2O/c15-8-3-4-9(10(16)6-8)12-13-14(18-7-17-12)20-5-1-2-11(20)19-13;1-2-6-14-11(3-1)9-7-12-13(8-9)10-4-5-10/h3-4,6-7H,1-2,5H2;7-8,10-11H,1-6H2/t;11-/m.1/s1. The van der Waals surface area contributed by atoms with Crippen LogP contribution in [0.5, 0.6) is 0 Å². The van der Waals surface area contributed by atoms with Crippen LogP contribution in [0, 0.1) is 11.6 Å². The van der Waals surface area contributed by atoms with Gasteiger partial charge in [0.05, 0.1) is 18.3 Å². The highest BCUT2D eigenvalue weighted by Crippen LogP contribution is 2.36. The molecule has 1 aliphatic carbocycles. The van der Waals surface area contributed by atoms with Gasteiger partial charge in [0.15, 0.2) is 5.65 Å². The summed E-state index contributed by atoms with van der Waals surface area (Å²) in [7, 11) is 0. The highest BCUT2D eigenvalue weighted by molar-refractivity contribution is 5.87. The van der Waals surface area contributed by atoms with E-state index in [1.54, 1.807) is 0 Å². The van der Waals surface area contributed by atoms with E-state index in [4.69, 9.17) is 4.74 Å². The molecule has 9 heteroatoms. The first-order valence-electron chi connectivity index (χ1n) is 12.0. The quantitative estimate of drug-likeness (QED) is 0.418. The van der Waals surface area contributed by atoms with Gasteiger partial charge in [-0.1, -0.05) is 0 Å². The van der Waals surface area contributed by atoms with Crippen molar-refractivity contribution in [2.75, 3.05) is 6.61 Å². The highest BCUT2D eigenvalue weighted by atomic mass is 19.1. The van der Waals surface area contributed by atoms with E-state index in [0.29, 0.717) is 29.0 Å². The maximum Gasteiger partial charge on any atom is 0.164 e. The second-order valence-electron chi connectivity index (χ2n) is 9.14. The lowest BCUT2D eigenvalue weighted by molar-refractivity contribution is 0.0149. The molecule has 2 fully saturated rings. The molecule has 1 saturated heterocycles. The Morgan fingerprint density at radius 3 is 2.74 bits per heavy atom. The van der Waals surface area contributed by atoms with Crippen LogP contribution >= 0.6 is 0 Å². The van der Waals surface area contributed by atoms with Crippen molar-refractivity contribution < 1.29 is 13.5 Å². The predicted octanol–water partition coefficient (Wildman–Crippen LogP) is 5.18. The molecule has 7 rings (SSSR count). The number of nitrogens with zero attached hydrogens (tertiary/aromatic N) is 6. The Kier molecular flexibility index (Phi) is 5.57. The largest absolute Gasteiger partial charge is 0.373 e. The Bertz CT molecular complexity index is 1320. The van der Waals surface area contributed by atoms with Crippen molar-refractivity contribution in [2.24, 2.45) is 0 Å². The SMILES string of the molecule is Fc1ccc(-c2ncnc3c2nc2n3CCC2)c(F)c1.c1nn(C2CC2)cc1[C@H]1CCCCO1. The van der Waals surface area contributed by atoms with E-state index in [0.717, 1.165) is 44.3 Å². The molecule has 0 unspecified atom stereocenters. The molecule has 0 N–H and O–H groups in total. The van der Waals surface area contributed by atoms with Crippen molar-refractivity contribution in [1.29, 1.82) is 0 Å². The maximum absolute atomic E-state index is 13.9. The van der Waals surface area contributed by atoms with Crippen molar-refractivity contribution in [3.8, 4) is 11.3 Å². The van der Waals surface area contributed by atoms with E-state index in [1.165, 1.54) is 49.7 Å². The number of aryl methyl sites for hydroxylation is 2. The van der Waals surface area contributed by atoms with Crippen LogP contribution in [0.4, 0.5) is 8.78 Å². The molecule has 1 aromatic carbocycles. The summed E-state index contributed by atoms with van der Waals surface area (Å²) >= 11 is 0. The van der Waals surface area contributed by atoms with Gasteiger partial charge in [0.25, 0.3) is 0 Å². The molecule has 0 spiro atoms. The van der Waals surface area contributed by atoms with Crippen LogP contribution in [-0.4, -0.2) is 35.9 Å². The summed E-state index contributed by atoms with van der Waals surface area (Å²) in [5, 5.41) is 4.39. The number of rotatable bonds is 3. The lowest BCUT2D eigenvalue weighted by atomic mass is 10.0. The van der Waals surface area contributed by atoms with Gasteiger partial charge < -0.3 is 9.30 Å². The van der Waals surface area contributed by atoms with Gasteiger partial charge >= 0.3 is 0 Å². The van der Waals surface area contributed by atoms with Gasteiger partial charge in [-0.15, -0.1) is 0 Å². The van der Waals surface area contributed by atoms with Gasteiger partial charge in [0.2, 0.25) is 0 Å². The predicted molar refractivity (Wildman–Crippen MR) is 122 cm³/mol. The molecule has 7 nitrogen and oxygen atoms in total. The van der Waals surface area contributed by atoms with Gasteiger partial charge in [-0.25, -0.2) is 23.7 Å². The number of hydrogen-bond donors (Lipinski definition) is 0. The van der Waals surface area contributed by atoms with Crippen molar-refractivity contribution >= 4 is 11.2 Å². The number of fused-ring (bicyclic) bond motifs is 3. The third-order valence-corrected chi connectivity index (χ3v) is 6.67. The fraction of sp³-hybridized carbons (Fsp3) is 0.440. The molecular formula is C25H26F2N6O. The fourth-order valence-corrected chi connectivity index (χ4v) is 4.74. The zero-order valence-corrected chi connectivity index (χ0v) is 18.8. The third kappa shape index (κ3) is 4.09. The minimum absolute atomic E-state index is 0.246. The molecule has 1 saturated carbocycles. The molecule has 5 heterocycles. The smallest absolute Gasteiger partial charge is 0.164 e. The Morgan fingerprint density at radius 1 is 1.03 bits per heavy atom. The third-order valence-electron chi connectivity index (χ3n) is 6.67. The van der Waals surface area contributed by atoms with E-state index in [2.05, 4.69) is 30.9 Å². The first kappa shape index (κ1) is 21.3. The van der Waals surface area contributed by atoms with E-state index in [-0.39, 0.29) is 5.56 Å². The topological polar surface area (TPSA) is 70.7 Å². The van der Waals surface area contributed by atoms with Gasteiger partial charge in [0.1, 0.15) is 35.0 Å². The summed E-state index contributed by atoms with van der Waals surface area (Å²) in [6.45, 7) is 1.79. The van der Waals surface area contributed by atoms with Crippen LogP contribution in [0.3, 0.4) is 0 Å². The number of aromatic nitrogens is 6. The van der Waals surface area contributed by atoms with Crippen LogP contribution in [0.25, 0.3) is 22.4 Å². The fourth-order valence-electron chi connectivity index (χ4n) is 4.74. The second-order valence-corrected chi connectivity index (χ2v) is 9.14. The molecule has 3 aromatic heterocycles. The normalized spacial score (nSPS) is 19.6. The molecule has 0 bridgehead atoms. The van der Waals surface area contributed by atoms with E-state index < -0.39 is 11.6 Å². The van der Waals surface area contributed by atoms with Crippen molar-refractivity contribution in [3.05, 3.63) is 59.9 Å². The number of halogens is 2.